The fourth-order valence-electron chi connectivity index (χ4n) is 5.44. The first-order valence-corrected chi connectivity index (χ1v) is 19.2. The largest absolute Gasteiger partial charge is 0.519 e. The Balaban J connectivity index is 2.51. The van der Waals surface area contributed by atoms with E-state index in [9.17, 15) is 36.0 Å². The normalized spacial score (nSPS) is 17.5. The van der Waals surface area contributed by atoms with Crippen molar-refractivity contribution in [3.05, 3.63) is 59.7 Å². The van der Waals surface area contributed by atoms with Gasteiger partial charge in [0.15, 0.2) is 34.9 Å². The first-order chi connectivity index (χ1) is 22.7. The summed E-state index contributed by atoms with van der Waals surface area (Å²) in [6, 6.07) is 5.41. The quantitative estimate of drug-likeness (QED) is 0.160. The van der Waals surface area contributed by atoms with E-state index in [2.05, 4.69) is 15.4 Å². The van der Waals surface area contributed by atoms with E-state index < -0.39 is 103 Å². The Labute approximate surface area is 299 Å². The summed E-state index contributed by atoms with van der Waals surface area (Å²) in [6.07, 6.45) is -1.54. The number of rotatable bonds is 14. The summed E-state index contributed by atoms with van der Waals surface area (Å²) in [4.78, 5) is 47.0. The van der Waals surface area contributed by atoms with Crippen LogP contribution in [0.25, 0.3) is 0 Å². The van der Waals surface area contributed by atoms with Crippen molar-refractivity contribution >= 4 is 90.2 Å². The lowest BCUT2D eigenvalue weighted by molar-refractivity contribution is -0.123. The van der Waals surface area contributed by atoms with Gasteiger partial charge < -0.3 is 24.8 Å². The highest BCUT2D eigenvalue weighted by Gasteiger charge is 2.59. The molecule has 0 bridgehead atoms. The Hall–Kier alpha value is -2.96. The maximum Gasteiger partial charge on any atom is 0.519 e. The summed E-state index contributed by atoms with van der Waals surface area (Å²) in [5.74, 6) is -5.87. The molecule has 1 aliphatic heterocycles. The number of hydrogen-bond donors (Lipinski definition) is 2. The molecule has 0 spiro atoms. The van der Waals surface area contributed by atoms with E-state index in [0.717, 1.165) is 61.0 Å². The Morgan fingerprint density at radius 2 is 1.10 bits per heavy atom. The molecule has 3 rings (SSSR count). The molecule has 2 amide bonds. The van der Waals surface area contributed by atoms with Crippen molar-refractivity contribution in [3.63, 3.8) is 0 Å². The average molecular weight is 812 g/mol. The maximum atomic E-state index is 15.2. The zero-order chi connectivity index (χ0) is 36.9. The SMILES string of the molecule is CS(=O)(=O)c1ccc([C@H]([C@@H](CF)NC(=O)C(Cl)Cl)C2([C@H](c3ccc(S(C)(=O)=O)cc3)[C@@H](CF)NC(=O)C(Cl)Cl)COC(=O)OC(=O)O2)cc1. The van der Waals surface area contributed by atoms with E-state index in [4.69, 9.17) is 55.9 Å². The number of ether oxygens (including phenoxy) is 3. The molecule has 0 unspecified atom stereocenters. The monoisotopic (exact) mass is 810 g/mol. The van der Waals surface area contributed by atoms with Gasteiger partial charge in [-0.2, -0.15) is 0 Å². The number of cyclic esters (lactones) is 4. The number of hydrogen-bond acceptors (Lipinski definition) is 11. The van der Waals surface area contributed by atoms with Crippen molar-refractivity contribution < 1.29 is 59.0 Å². The van der Waals surface area contributed by atoms with Gasteiger partial charge >= 0.3 is 12.3 Å². The molecule has 1 fully saturated rings. The minimum Gasteiger partial charge on any atom is -0.430 e. The number of halogens is 6. The molecule has 0 saturated carbocycles. The molecule has 1 heterocycles. The van der Waals surface area contributed by atoms with Gasteiger partial charge in [0.05, 0.1) is 33.7 Å². The van der Waals surface area contributed by atoms with Gasteiger partial charge in [-0.05, 0) is 35.4 Å². The predicted octanol–water partition coefficient (Wildman–Crippen LogP) is 3.92. The van der Waals surface area contributed by atoms with Crippen molar-refractivity contribution in [2.45, 2.75) is 49.0 Å². The minimum absolute atomic E-state index is 0.0870. The molecular weight excluding hydrogens is 784 g/mol. The van der Waals surface area contributed by atoms with E-state index in [1.807, 2.05) is 0 Å². The smallest absolute Gasteiger partial charge is 0.430 e. The summed E-state index contributed by atoms with van der Waals surface area (Å²) >= 11 is 22.9. The van der Waals surface area contributed by atoms with Crippen LogP contribution >= 0.6 is 46.4 Å². The van der Waals surface area contributed by atoms with Crippen LogP contribution in [-0.4, -0.2) is 101 Å². The van der Waals surface area contributed by atoms with Gasteiger partial charge in [-0.15, -0.1) is 0 Å². The molecule has 2 N–H and O–H groups in total. The van der Waals surface area contributed by atoms with Crippen molar-refractivity contribution in [3.8, 4) is 0 Å². The number of amides is 2. The lowest BCUT2D eigenvalue weighted by atomic mass is 9.66. The van der Waals surface area contributed by atoms with E-state index in [1.165, 1.54) is 0 Å². The molecule has 1 aliphatic rings. The van der Waals surface area contributed by atoms with Crippen LogP contribution < -0.4 is 10.6 Å². The molecule has 270 valence electrons. The molecule has 1 saturated heterocycles. The fraction of sp³-hybridized carbons (Fsp3) is 0.429. The van der Waals surface area contributed by atoms with Gasteiger partial charge in [0.25, 0.3) is 11.8 Å². The second kappa shape index (κ2) is 16.4. The first kappa shape index (κ1) is 40.5. The third-order valence-corrected chi connectivity index (χ3v) is 10.5. The van der Waals surface area contributed by atoms with Crippen LogP contribution in [0.4, 0.5) is 18.4 Å². The van der Waals surface area contributed by atoms with Crippen molar-refractivity contribution in [1.29, 1.82) is 0 Å². The Morgan fingerprint density at radius 3 is 1.41 bits per heavy atom. The summed E-state index contributed by atoms with van der Waals surface area (Å²) in [6.45, 7) is -4.06. The molecular formula is C28H28Cl4F2N2O11S2. The second-order valence-corrected chi connectivity index (χ2v) is 16.9. The zero-order valence-electron chi connectivity index (χ0n) is 25.3. The molecule has 21 heteroatoms. The molecule has 2 aromatic carbocycles. The summed E-state index contributed by atoms with van der Waals surface area (Å²) in [7, 11) is -7.60. The molecule has 0 aromatic heterocycles. The Bertz CT molecular complexity index is 1660. The lowest BCUT2D eigenvalue weighted by Crippen LogP contribution is -2.62. The number of sulfone groups is 2. The molecule has 49 heavy (non-hydrogen) atoms. The van der Waals surface area contributed by atoms with Crippen LogP contribution in [0.5, 0.6) is 0 Å². The average Bonchev–Trinajstić information content (AvgIpc) is 3.16. The number of carbonyl (C=O) groups is 4. The fourth-order valence-corrected chi connectivity index (χ4v) is 6.96. The number of nitrogens with one attached hydrogen (secondary N) is 2. The Morgan fingerprint density at radius 1 is 0.735 bits per heavy atom. The van der Waals surface area contributed by atoms with Gasteiger partial charge in [0, 0.05) is 12.5 Å². The second-order valence-electron chi connectivity index (χ2n) is 10.7. The number of carbonyl (C=O) groups excluding carboxylic acids is 4. The van der Waals surface area contributed by atoms with Crippen LogP contribution in [-0.2, 0) is 43.5 Å². The summed E-state index contributed by atoms with van der Waals surface area (Å²) in [5.41, 5.74) is -2.77. The third kappa shape index (κ3) is 9.85. The highest BCUT2D eigenvalue weighted by atomic mass is 35.5. The molecule has 2 aromatic rings. The van der Waals surface area contributed by atoms with Crippen LogP contribution in [0.3, 0.4) is 0 Å². The van der Waals surface area contributed by atoms with Crippen LogP contribution in [0, 0.1) is 0 Å². The molecule has 4 atom stereocenters. The number of benzene rings is 2. The van der Waals surface area contributed by atoms with Crippen molar-refractivity contribution in [1.82, 2.24) is 10.6 Å². The predicted molar refractivity (Wildman–Crippen MR) is 173 cm³/mol. The maximum absolute atomic E-state index is 15.2. The standard InChI is InChI=1S/C28H28Cl4F2N2O11S2/c1-48(41,42)16-7-3-14(4-8-16)20(18(11-33)35-24(37)22(29)30)28(13-45-26(39)46-27(40)47-28)21(19(12-34)36-25(38)23(31)32)15-5-9-17(10-6-15)49(2,43)44/h3-10,18-23H,11-13H2,1-2H3,(H,35,37)(H,36,38)/t18-,19-,20-,21-/m1/s1. The topological polar surface area (TPSA) is 188 Å². The van der Waals surface area contributed by atoms with E-state index in [0.29, 0.717) is 0 Å². The highest BCUT2D eigenvalue weighted by molar-refractivity contribution is 7.91. The molecule has 0 aliphatic carbocycles. The van der Waals surface area contributed by atoms with Crippen LogP contribution in [0.2, 0.25) is 0 Å². The van der Waals surface area contributed by atoms with Crippen LogP contribution in [0.15, 0.2) is 58.3 Å². The minimum atomic E-state index is -3.80. The van der Waals surface area contributed by atoms with Crippen molar-refractivity contribution in [2.75, 3.05) is 32.5 Å². The van der Waals surface area contributed by atoms with E-state index in [-0.39, 0.29) is 20.9 Å². The summed E-state index contributed by atoms with van der Waals surface area (Å²) < 4.78 is 94.9. The van der Waals surface area contributed by atoms with Gasteiger partial charge in [0.2, 0.25) is 0 Å². The lowest BCUT2D eigenvalue weighted by Gasteiger charge is -2.48. The zero-order valence-corrected chi connectivity index (χ0v) is 29.9. The van der Waals surface area contributed by atoms with E-state index >= 15 is 8.78 Å². The Kier molecular flexibility index (Phi) is 13.5. The van der Waals surface area contributed by atoms with Gasteiger partial charge in [-0.3, -0.25) is 9.59 Å². The van der Waals surface area contributed by atoms with Crippen LogP contribution in [0.1, 0.15) is 23.0 Å². The van der Waals surface area contributed by atoms with E-state index in [1.54, 1.807) is 0 Å². The number of alkyl halides is 6. The third-order valence-electron chi connectivity index (χ3n) is 7.43. The first-order valence-electron chi connectivity index (χ1n) is 13.7. The van der Waals surface area contributed by atoms with Crippen molar-refractivity contribution in [2.24, 2.45) is 0 Å². The summed E-state index contributed by atoms with van der Waals surface area (Å²) in [5, 5.41) is 4.52. The molecule has 0 radical (unpaired) electrons. The van der Waals surface area contributed by atoms with Gasteiger partial charge in [-0.1, -0.05) is 70.7 Å². The molecule has 13 nitrogen and oxygen atoms in total. The van der Waals surface area contributed by atoms with Gasteiger partial charge in [-0.25, -0.2) is 35.2 Å². The van der Waals surface area contributed by atoms with Gasteiger partial charge in [0.1, 0.15) is 20.0 Å². The highest BCUT2D eigenvalue weighted by Crippen LogP contribution is 2.48.